The first-order valence-electron chi connectivity index (χ1n) is 4.54. The van der Waals surface area contributed by atoms with E-state index in [1.807, 2.05) is 6.92 Å². The van der Waals surface area contributed by atoms with Crippen LogP contribution < -0.4 is 10.2 Å². The summed E-state index contributed by atoms with van der Waals surface area (Å²) in [5.74, 6) is -0.712. The van der Waals surface area contributed by atoms with Gasteiger partial charge in [-0.2, -0.15) is 0 Å². The molecule has 1 rings (SSSR count). The molecule has 0 atom stereocenters. The molecule has 0 radical (unpaired) electrons. The van der Waals surface area contributed by atoms with Gasteiger partial charge in [0.2, 0.25) is 0 Å². The van der Waals surface area contributed by atoms with Crippen LogP contribution in [0.1, 0.15) is 13.3 Å². The molecule has 0 aromatic heterocycles. The van der Waals surface area contributed by atoms with Crippen LogP contribution in [-0.2, 0) is 0 Å². The zero-order valence-corrected chi connectivity index (χ0v) is 9.79. The summed E-state index contributed by atoms with van der Waals surface area (Å²) >= 11 is 3.14. The van der Waals surface area contributed by atoms with Gasteiger partial charge in [0.1, 0.15) is 0 Å². The van der Waals surface area contributed by atoms with Gasteiger partial charge in [-0.15, -0.1) is 0 Å². The normalized spacial score (nSPS) is 10.2. The van der Waals surface area contributed by atoms with Gasteiger partial charge in [-0.3, -0.25) is 0 Å². The Morgan fingerprint density at radius 2 is 2.13 bits per heavy atom. The minimum absolute atomic E-state index is 0.0225. The lowest BCUT2D eigenvalue weighted by molar-refractivity contribution is 0.301. The predicted molar refractivity (Wildman–Crippen MR) is 59.7 cm³/mol. The quantitative estimate of drug-likeness (QED) is 0.809. The minimum Gasteiger partial charge on any atom is -0.491 e. The molecule has 0 aliphatic heterocycles. The Morgan fingerprint density at radius 1 is 1.47 bits per heavy atom. The van der Waals surface area contributed by atoms with Crippen LogP contribution in [0, 0.1) is 5.82 Å². The number of hydrogen-bond donors (Lipinski definition) is 2. The molecular weight excluding hydrogens is 266 g/mol. The molecule has 0 heterocycles. The van der Waals surface area contributed by atoms with Crippen LogP contribution in [0.3, 0.4) is 0 Å². The average molecular weight is 277 g/mol. The number of ether oxygens (including phenoxy) is 1. The molecular formula is C9H11BBrFO3. The lowest BCUT2D eigenvalue weighted by atomic mass is 9.80. The van der Waals surface area contributed by atoms with Gasteiger partial charge in [-0.1, -0.05) is 22.9 Å². The van der Waals surface area contributed by atoms with E-state index < -0.39 is 12.9 Å². The Hall–Kier alpha value is -0.585. The maximum absolute atomic E-state index is 13.6. The molecule has 15 heavy (non-hydrogen) atoms. The van der Waals surface area contributed by atoms with Crippen molar-refractivity contribution in [3.63, 3.8) is 0 Å². The summed E-state index contributed by atoms with van der Waals surface area (Å²) in [5.41, 5.74) is -0.199. The van der Waals surface area contributed by atoms with E-state index in [4.69, 9.17) is 14.8 Å². The fourth-order valence-corrected chi connectivity index (χ4v) is 1.54. The van der Waals surface area contributed by atoms with E-state index in [2.05, 4.69) is 15.9 Å². The van der Waals surface area contributed by atoms with Crippen molar-refractivity contribution >= 4 is 28.5 Å². The van der Waals surface area contributed by atoms with Crippen LogP contribution in [0.25, 0.3) is 0 Å². The summed E-state index contributed by atoms with van der Waals surface area (Å²) in [6.45, 7) is 2.28. The monoisotopic (exact) mass is 276 g/mol. The molecule has 0 unspecified atom stereocenters. The zero-order valence-electron chi connectivity index (χ0n) is 8.20. The third kappa shape index (κ3) is 3.19. The molecule has 0 spiro atoms. The van der Waals surface area contributed by atoms with Crippen LogP contribution in [0.2, 0.25) is 0 Å². The molecule has 0 aliphatic rings. The third-order valence-electron chi connectivity index (χ3n) is 1.77. The number of hydrogen-bond acceptors (Lipinski definition) is 3. The SMILES string of the molecule is CCCOc1cc(Br)cc(B(O)O)c1F. The highest BCUT2D eigenvalue weighted by Crippen LogP contribution is 2.21. The molecule has 6 heteroatoms. The number of halogens is 2. The van der Waals surface area contributed by atoms with E-state index in [0.29, 0.717) is 11.1 Å². The largest absolute Gasteiger partial charge is 0.491 e. The van der Waals surface area contributed by atoms with Gasteiger partial charge < -0.3 is 14.8 Å². The van der Waals surface area contributed by atoms with Crippen molar-refractivity contribution in [2.75, 3.05) is 6.61 Å². The van der Waals surface area contributed by atoms with Gasteiger partial charge in [0, 0.05) is 9.94 Å². The number of rotatable bonds is 4. The standard InChI is InChI=1S/C9H11BBrFO3/c1-2-3-15-8-5-6(11)4-7(9(8)12)10(13)14/h4-5,13-14H,2-3H2,1H3. The molecule has 1 aromatic carbocycles. The summed E-state index contributed by atoms with van der Waals surface area (Å²) in [5, 5.41) is 17.8. The van der Waals surface area contributed by atoms with Crippen LogP contribution in [-0.4, -0.2) is 23.8 Å². The average Bonchev–Trinajstić information content (AvgIpc) is 2.18. The molecule has 0 aliphatic carbocycles. The molecule has 0 fully saturated rings. The molecule has 0 bridgehead atoms. The first-order chi connectivity index (χ1) is 7.06. The fourth-order valence-electron chi connectivity index (χ4n) is 1.09. The van der Waals surface area contributed by atoms with Gasteiger partial charge >= 0.3 is 7.12 Å². The van der Waals surface area contributed by atoms with E-state index in [1.54, 1.807) is 0 Å². The van der Waals surface area contributed by atoms with E-state index in [1.165, 1.54) is 12.1 Å². The second kappa shape index (κ2) is 5.49. The maximum atomic E-state index is 13.6. The van der Waals surface area contributed by atoms with E-state index in [-0.39, 0.29) is 11.2 Å². The van der Waals surface area contributed by atoms with E-state index in [0.717, 1.165) is 6.42 Å². The van der Waals surface area contributed by atoms with Crippen molar-refractivity contribution in [2.24, 2.45) is 0 Å². The lowest BCUT2D eigenvalue weighted by Gasteiger charge is -2.10. The van der Waals surface area contributed by atoms with Crippen LogP contribution in [0.15, 0.2) is 16.6 Å². The molecule has 82 valence electrons. The minimum atomic E-state index is -1.84. The molecule has 0 saturated carbocycles. The Morgan fingerprint density at radius 3 is 2.67 bits per heavy atom. The predicted octanol–water partition coefficient (Wildman–Crippen LogP) is 1.06. The summed E-state index contributed by atoms with van der Waals surface area (Å²) in [6, 6.07) is 2.76. The van der Waals surface area contributed by atoms with Crippen molar-refractivity contribution < 1.29 is 19.2 Å². The first-order valence-corrected chi connectivity index (χ1v) is 5.33. The molecule has 0 amide bonds. The van der Waals surface area contributed by atoms with Gasteiger partial charge in [0.25, 0.3) is 0 Å². The van der Waals surface area contributed by atoms with Gasteiger partial charge in [-0.25, -0.2) is 4.39 Å². The summed E-state index contributed by atoms with van der Waals surface area (Å²) in [6.07, 6.45) is 0.753. The Labute approximate surface area is 96.2 Å². The van der Waals surface area contributed by atoms with Crippen LogP contribution >= 0.6 is 15.9 Å². The summed E-state index contributed by atoms with van der Waals surface area (Å²) in [4.78, 5) is 0. The van der Waals surface area contributed by atoms with Gasteiger partial charge in [0.15, 0.2) is 11.6 Å². The smallest absolute Gasteiger partial charge is 0.491 e. The molecule has 0 saturated heterocycles. The van der Waals surface area contributed by atoms with Crippen LogP contribution in [0.4, 0.5) is 4.39 Å². The topological polar surface area (TPSA) is 49.7 Å². The zero-order chi connectivity index (χ0) is 11.4. The van der Waals surface area contributed by atoms with Gasteiger partial charge in [0.05, 0.1) is 6.61 Å². The Bertz CT molecular complexity index is 346. The lowest BCUT2D eigenvalue weighted by Crippen LogP contribution is -2.33. The van der Waals surface area contributed by atoms with Gasteiger partial charge in [-0.05, 0) is 18.6 Å². The van der Waals surface area contributed by atoms with Crippen molar-refractivity contribution in [3.05, 3.63) is 22.4 Å². The van der Waals surface area contributed by atoms with E-state index >= 15 is 0 Å². The molecule has 1 aromatic rings. The third-order valence-corrected chi connectivity index (χ3v) is 2.23. The Balaban J connectivity index is 3.05. The van der Waals surface area contributed by atoms with E-state index in [9.17, 15) is 4.39 Å². The van der Waals surface area contributed by atoms with Crippen molar-refractivity contribution in [1.29, 1.82) is 0 Å². The van der Waals surface area contributed by atoms with Crippen molar-refractivity contribution in [3.8, 4) is 5.75 Å². The second-order valence-corrected chi connectivity index (χ2v) is 3.94. The fraction of sp³-hybridized carbons (Fsp3) is 0.333. The number of benzene rings is 1. The first kappa shape index (κ1) is 12.5. The van der Waals surface area contributed by atoms with Crippen molar-refractivity contribution in [2.45, 2.75) is 13.3 Å². The maximum Gasteiger partial charge on any atom is 0.491 e. The highest BCUT2D eigenvalue weighted by atomic mass is 79.9. The highest BCUT2D eigenvalue weighted by molar-refractivity contribution is 9.10. The Kier molecular flexibility index (Phi) is 4.57. The summed E-state index contributed by atoms with van der Waals surface area (Å²) in [7, 11) is -1.84. The van der Waals surface area contributed by atoms with Crippen LogP contribution in [0.5, 0.6) is 5.75 Å². The highest BCUT2D eigenvalue weighted by Gasteiger charge is 2.20. The van der Waals surface area contributed by atoms with Crippen molar-refractivity contribution in [1.82, 2.24) is 0 Å². The molecule has 2 N–H and O–H groups in total. The molecule has 3 nitrogen and oxygen atoms in total. The summed E-state index contributed by atoms with van der Waals surface area (Å²) < 4.78 is 19.2. The second-order valence-electron chi connectivity index (χ2n) is 3.03.